The van der Waals surface area contributed by atoms with Crippen molar-refractivity contribution in [1.29, 1.82) is 0 Å². The van der Waals surface area contributed by atoms with E-state index in [0.717, 1.165) is 19.3 Å². The summed E-state index contributed by atoms with van der Waals surface area (Å²) in [4.78, 5) is 0. The van der Waals surface area contributed by atoms with Crippen LogP contribution in [0.5, 0.6) is 0 Å². The van der Waals surface area contributed by atoms with E-state index < -0.39 is 0 Å². The average molecular weight is 258 g/mol. The molecule has 1 aromatic rings. The van der Waals surface area contributed by atoms with Crippen LogP contribution < -0.4 is 5.73 Å². The summed E-state index contributed by atoms with van der Waals surface area (Å²) in [6, 6.07) is 6.27. The number of hydrogen-bond acceptors (Lipinski definition) is 1. The fourth-order valence-electron chi connectivity index (χ4n) is 2.67. The van der Waals surface area contributed by atoms with E-state index >= 15 is 0 Å². The lowest BCUT2D eigenvalue weighted by Crippen LogP contribution is -2.21. The zero-order chi connectivity index (χ0) is 11.8. The highest BCUT2D eigenvalue weighted by Crippen LogP contribution is 2.40. The molecule has 1 aliphatic carbocycles. The van der Waals surface area contributed by atoms with Gasteiger partial charge in [-0.2, -0.15) is 0 Å². The molecule has 0 bridgehead atoms. The SMILES string of the molecule is CC1(Cc2ccc(Cl)c(Cl)c2)CCC(N)C1. The lowest BCUT2D eigenvalue weighted by molar-refractivity contribution is 0.329. The summed E-state index contributed by atoms with van der Waals surface area (Å²) in [6.07, 6.45) is 4.48. The largest absolute Gasteiger partial charge is 0.328 e. The number of benzene rings is 1. The monoisotopic (exact) mass is 257 g/mol. The van der Waals surface area contributed by atoms with Gasteiger partial charge in [0.1, 0.15) is 0 Å². The lowest BCUT2D eigenvalue weighted by atomic mass is 9.82. The van der Waals surface area contributed by atoms with Gasteiger partial charge < -0.3 is 5.73 Å². The zero-order valence-corrected chi connectivity index (χ0v) is 11.0. The molecule has 3 heteroatoms. The van der Waals surface area contributed by atoms with E-state index in [-0.39, 0.29) is 0 Å². The van der Waals surface area contributed by atoms with E-state index in [0.29, 0.717) is 21.5 Å². The zero-order valence-electron chi connectivity index (χ0n) is 9.47. The van der Waals surface area contributed by atoms with Crippen molar-refractivity contribution in [2.75, 3.05) is 0 Å². The topological polar surface area (TPSA) is 26.0 Å². The van der Waals surface area contributed by atoms with Crippen LogP contribution in [0.4, 0.5) is 0 Å². The number of nitrogens with two attached hydrogens (primary N) is 1. The lowest BCUT2D eigenvalue weighted by Gasteiger charge is -2.24. The first-order chi connectivity index (χ1) is 7.48. The first-order valence-electron chi connectivity index (χ1n) is 5.68. The van der Waals surface area contributed by atoms with Gasteiger partial charge in [-0.05, 0) is 48.8 Å². The molecule has 0 radical (unpaired) electrons. The molecule has 88 valence electrons. The maximum Gasteiger partial charge on any atom is 0.0595 e. The Bertz CT molecular complexity index is 392. The highest BCUT2D eigenvalue weighted by molar-refractivity contribution is 6.42. The Morgan fingerprint density at radius 3 is 2.69 bits per heavy atom. The smallest absolute Gasteiger partial charge is 0.0595 e. The summed E-state index contributed by atoms with van der Waals surface area (Å²) < 4.78 is 0. The predicted molar refractivity (Wildman–Crippen MR) is 70.1 cm³/mol. The second kappa shape index (κ2) is 4.56. The molecule has 2 unspecified atom stereocenters. The molecule has 1 aromatic carbocycles. The molecule has 0 saturated heterocycles. The first-order valence-corrected chi connectivity index (χ1v) is 6.44. The summed E-state index contributed by atoms with van der Waals surface area (Å²) in [5.41, 5.74) is 7.56. The summed E-state index contributed by atoms with van der Waals surface area (Å²) in [5, 5.41) is 1.27. The number of rotatable bonds is 2. The van der Waals surface area contributed by atoms with Gasteiger partial charge in [0, 0.05) is 6.04 Å². The van der Waals surface area contributed by atoms with Crippen LogP contribution in [0.2, 0.25) is 10.0 Å². The van der Waals surface area contributed by atoms with E-state index in [1.165, 1.54) is 12.0 Å². The Morgan fingerprint density at radius 2 is 2.12 bits per heavy atom. The highest BCUT2D eigenvalue weighted by Gasteiger charge is 2.33. The highest BCUT2D eigenvalue weighted by atomic mass is 35.5. The van der Waals surface area contributed by atoms with Gasteiger partial charge in [0.05, 0.1) is 10.0 Å². The van der Waals surface area contributed by atoms with Crippen LogP contribution in [0.3, 0.4) is 0 Å². The van der Waals surface area contributed by atoms with Gasteiger partial charge in [-0.15, -0.1) is 0 Å². The maximum atomic E-state index is 6.02. The quantitative estimate of drug-likeness (QED) is 0.850. The Labute approximate surface area is 107 Å². The molecule has 2 rings (SSSR count). The van der Waals surface area contributed by atoms with E-state index in [2.05, 4.69) is 13.0 Å². The summed E-state index contributed by atoms with van der Waals surface area (Å²) in [6.45, 7) is 2.31. The van der Waals surface area contributed by atoms with E-state index in [9.17, 15) is 0 Å². The second-order valence-corrected chi connectivity index (χ2v) is 6.05. The third-order valence-electron chi connectivity index (χ3n) is 3.49. The Balaban J connectivity index is 2.12. The normalized spacial score (nSPS) is 29.6. The van der Waals surface area contributed by atoms with Crippen molar-refractivity contribution in [1.82, 2.24) is 0 Å². The fourth-order valence-corrected chi connectivity index (χ4v) is 2.99. The average Bonchev–Trinajstić information content (AvgIpc) is 2.52. The molecule has 0 spiro atoms. The van der Waals surface area contributed by atoms with Crippen molar-refractivity contribution in [2.24, 2.45) is 11.1 Å². The van der Waals surface area contributed by atoms with Crippen molar-refractivity contribution in [3.05, 3.63) is 33.8 Å². The number of hydrogen-bond donors (Lipinski definition) is 1. The molecule has 1 nitrogen and oxygen atoms in total. The molecule has 1 saturated carbocycles. The molecule has 2 N–H and O–H groups in total. The van der Waals surface area contributed by atoms with Gasteiger partial charge in [0.25, 0.3) is 0 Å². The van der Waals surface area contributed by atoms with Gasteiger partial charge in [-0.1, -0.05) is 36.2 Å². The van der Waals surface area contributed by atoms with E-state index in [1.807, 2.05) is 12.1 Å². The third-order valence-corrected chi connectivity index (χ3v) is 4.23. The second-order valence-electron chi connectivity index (χ2n) is 5.24. The predicted octanol–water partition coefficient (Wildman–Crippen LogP) is 4.05. The Hall–Kier alpha value is -0.240. The van der Waals surface area contributed by atoms with Crippen LogP contribution in [0, 0.1) is 5.41 Å². The van der Waals surface area contributed by atoms with Crippen LogP contribution in [0.15, 0.2) is 18.2 Å². The van der Waals surface area contributed by atoms with Gasteiger partial charge in [-0.25, -0.2) is 0 Å². The van der Waals surface area contributed by atoms with Crippen LogP contribution in [-0.4, -0.2) is 6.04 Å². The van der Waals surface area contributed by atoms with E-state index in [1.54, 1.807) is 0 Å². The van der Waals surface area contributed by atoms with Gasteiger partial charge in [-0.3, -0.25) is 0 Å². The van der Waals surface area contributed by atoms with Crippen LogP contribution in [-0.2, 0) is 6.42 Å². The molecule has 0 aromatic heterocycles. The molecule has 0 amide bonds. The maximum absolute atomic E-state index is 6.02. The first kappa shape index (κ1) is 12.2. The third kappa shape index (κ3) is 2.71. The molecule has 0 aliphatic heterocycles. The summed E-state index contributed by atoms with van der Waals surface area (Å²) in [7, 11) is 0. The molecule has 2 atom stereocenters. The van der Waals surface area contributed by atoms with Crippen molar-refractivity contribution in [3.8, 4) is 0 Å². The summed E-state index contributed by atoms with van der Waals surface area (Å²) >= 11 is 11.9. The van der Waals surface area contributed by atoms with Crippen molar-refractivity contribution in [2.45, 2.75) is 38.6 Å². The minimum atomic E-state index is 0.330. The van der Waals surface area contributed by atoms with Crippen molar-refractivity contribution in [3.63, 3.8) is 0 Å². The molecule has 1 aliphatic rings. The van der Waals surface area contributed by atoms with Crippen LogP contribution in [0.25, 0.3) is 0 Å². The molecule has 0 heterocycles. The minimum absolute atomic E-state index is 0.330. The standard InChI is InChI=1S/C13H17Cl2N/c1-13(5-4-10(16)8-13)7-9-2-3-11(14)12(15)6-9/h2-3,6,10H,4-5,7-8,16H2,1H3. The fraction of sp³-hybridized carbons (Fsp3) is 0.538. The summed E-state index contributed by atoms with van der Waals surface area (Å²) in [5.74, 6) is 0. The van der Waals surface area contributed by atoms with Gasteiger partial charge >= 0.3 is 0 Å². The molecular formula is C13H17Cl2N. The molecular weight excluding hydrogens is 241 g/mol. The number of halogens is 2. The van der Waals surface area contributed by atoms with Gasteiger partial charge in [0.15, 0.2) is 0 Å². The Kier molecular flexibility index (Phi) is 3.48. The van der Waals surface area contributed by atoms with Gasteiger partial charge in [0.2, 0.25) is 0 Å². The molecule has 16 heavy (non-hydrogen) atoms. The minimum Gasteiger partial charge on any atom is -0.328 e. The van der Waals surface area contributed by atoms with Crippen LogP contribution in [0.1, 0.15) is 31.7 Å². The Morgan fingerprint density at radius 1 is 1.38 bits per heavy atom. The van der Waals surface area contributed by atoms with E-state index in [4.69, 9.17) is 28.9 Å². The van der Waals surface area contributed by atoms with Crippen molar-refractivity contribution >= 4 is 23.2 Å². The molecule has 1 fully saturated rings. The van der Waals surface area contributed by atoms with Crippen LogP contribution >= 0.6 is 23.2 Å². The van der Waals surface area contributed by atoms with Crippen molar-refractivity contribution < 1.29 is 0 Å².